The lowest BCUT2D eigenvalue weighted by atomic mass is 9.79. The number of nitro groups is 1. The molecule has 30 heavy (non-hydrogen) atoms. The fourth-order valence-electron chi connectivity index (χ4n) is 4.28. The molecule has 0 saturated carbocycles. The molecule has 7 nitrogen and oxygen atoms in total. The van der Waals surface area contributed by atoms with Crippen molar-refractivity contribution in [2.24, 2.45) is 0 Å². The minimum Gasteiger partial charge on any atom is -0.361 e. The fraction of sp³-hybridized carbons (Fsp3) is 0.429. The molecule has 0 N–H and O–H groups in total. The average molecular weight is 537 g/mol. The molecule has 2 heterocycles. The van der Waals surface area contributed by atoms with Crippen LogP contribution in [0.15, 0.2) is 30.5 Å². The highest BCUT2D eigenvalue weighted by molar-refractivity contribution is 14.1. The van der Waals surface area contributed by atoms with E-state index in [2.05, 4.69) is 24.6 Å². The first-order valence-electron chi connectivity index (χ1n) is 9.93. The number of carbonyl (C=O) groups is 1. The lowest BCUT2D eigenvalue weighted by Gasteiger charge is -2.23. The molecule has 1 aromatic carbocycles. The second-order valence-corrected chi connectivity index (χ2v) is 16.0. The van der Waals surface area contributed by atoms with Crippen LogP contribution < -0.4 is 4.90 Å². The van der Waals surface area contributed by atoms with Crippen molar-refractivity contribution in [2.75, 3.05) is 18.2 Å². The Morgan fingerprint density at radius 2 is 2.00 bits per heavy atom. The summed E-state index contributed by atoms with van der Waals surface area (Å²) >= 11 is 1.99. The van der Waals surface area contributed by atoms with Crippen LogP contribution in [0, 0.1) is 13.7 Å². The third-order valence-electron chi connectivity index (χ3n) is 5.88. The Kier molecular flexibility index (Phi) is 5.48. The molecule has 4 rings (SSSR count). The van der Waals surface area contributed by atoms with E-state index in [9.17, 15) is 14.9 Å². The van der Waals surface area contributed by atoms with E-state index in [-0.39, 0.29) is 23.2 Å². The number of hydrogen-bond donors (Lipinski definition) is 0. The van der Waals surface area contributed by atoms with Crippen molar-refractivity contribution in [2.45, 2.75) is 43.9 Å². The average Bonchev–Trinajstić information content (AvgIpc) is 3.14. The van der Waals surface area contributed by atoms with Gasteiger partial charge in [-0.15, -0.1) is 0 Å². The van der Waals surface area contributed by atoms with E-state index < -0.39 is 13.5 Å². The van der Waals surface area contributed by atoms with E-state index in [0.717, 1.165) is 22.7 Å². The van der Waals surface area contributed by atoms with Gasteiger partial charge in [0.2, 0.25) is 5.91 Å². The number of pyridine rings is 1. The van der Waals surface area contributed by atoms with Crippen molar-refractivity contribution in [3.8, 4) is 0 Å². The van der Waals surface area contributed by atoms with Crippen molar-refractivity contribution in [3.05, 3.63) is 60.8 Å². The Morgan fingerprint density at radius 3 is 2.67 bits per heavy atom. The predicted octanol–water partition coefficient (Wildman–Crippen LogP) is 4.29. The van der Waals surface area contributed by atoms with Crippen molar-refractivity contribution >= 4 is 48.1 Å². The third kappa shape index (κ3) is 3.67. The number of hydrogen-bond acceptors (Lipinski definition) is 5. The molecule has 2 aliphatic rings. The summed E-state index contributed by atoms with van der Waals surface area (Å²) in [4.78, 5) is 30.8. The number of benzene rings is 1. The fourth-order valence-corrected chi connectivity index (χ4v) is 5.76. The molecule has 1 atom stereocenters. The van der Waals surface area contributed by atoms with Gasteiger partial charge in [0.25, 0.3) is 5.69 Å². The summed E-state index contributed by atoms with van der Waals surface area (Å²) < 4.78 is 6.47. The maximum absolute atomic E-state index is 13.6. The van der Waals surface area contributed by atoms with E-state index in [0.29, 0.717) is 28.8 Å². The molecule has 1 aliphatic carbocycles. The van der Waals surface area contributed by atoms with Crippen LogP contribution in [0.5, 0.6) is 0 Å². The van der Waals surface area contributed by atoms with Crippen molar-refractivity contribution in [1.29, 1.82) is 0 Å². The maximum atomic E-state index is 13.6. The van der Waals surface area contributed by atoms with Gasteiger partial charge in [-0.2, -0.15) is 0 Å². The monoisotopic (exact) mass is 537 g/mol. The lowest BCUT2D eigenvalue weighted by molar-refractivity contribution is -0.385. The minimum absolute atomic E-state index is 0.0296. The van der Waals surface area contributed by atoms with Crippen LogP contribution in [0.1, 0.15) is 16.7 Å². The Bertz CT molecular complexity index is 1040. The maximum Gasteiger partial charge on any atom is 0.282 e. The van der Waals surface area contributed by atoms with Crippen LogP contribution in [0.25, 0.3) is 0 Å². The number of anilines is 1. The molecule has 1 aliphatic heterocycles. The second kappa shape index (κ2) is 7.68. The van der Waals surface area contributed by atoms with Gasteiger partial charge >= 0.3 is 0 Å². The third-order valence-corrected chi connectivity index (χ3v) is 8.45. The van der Waals surface area contributed by atoms with E-state index in [1.165, 1.54) is 0 Å². The molecular weight excluding hydrogens is 513 g/mol. The number of nitrogens with zero attached hydrogens (tertiary/aromatic N) is 3. The largest absolute Gasteiger partial charge is 0.361 e. The van der Waals surface area contributed by atoms with Gasteiger partial charge in [-0.25, -0.2) is 4.98 Å². The normalized spacial score (nSPS) is 20.0. The summed E-state index contributed by atoms with van der Waals surface area (Å²) in [5.74, 6) is 0.616. The van der Waals surface area contributed by atoms with Gasteiger partial charge in [0.1, 0.15) is 12.5 Å². The molecule has 0 unspecified atom stereocenters. The predicted molar refractivity (Wildman–Crippen MR) is 126 cm³/mol. The number of rotatable bonds is 6. The minimum atomic E-state index is -1.22. The number of carbonyl (C=O) groups excluding carboxylic acids is 1. The first kappa shape index (κ1) is 21.4. The zero-order chi connectivity index (χ0) is 21.7. The van der Waals surface area contributed by atoms with Gasteiger partial charge in [-0.1, -0.05) is 25.7 Å². The highest BCUT2D eigenvalue weighted by Crippen LogP contribution is 2.49. The Labute approximate surface area is 190 Å². The van der Waals surface area contributed by atoms with Crippen LogP contribution in [0.4, 0.5) is 11.5 Å². The first-order chi connectivity index (χ1) is 14.1. The van der Waals surface area contributed by atoms with Crippen molar-refractivity contribution in [3.63, 3.8) is 0 Å². The quantitative estimate of drug-likeness (QED) is 0.181. The Morgan fingerprint density at radius 1 is 1.30 bits per heavy atom. The van der Waals surface area contributed by atoms with Gasteiger partial charge in [0.15, 0.2) is 0 Å². The number of amides is 1. The van der Waals surface area contributed by atoms with E-state index in [4.69, 9.17) is 4.74 Å². The van der Waals surface area contributed by atoms with Crippen LogP contribution in [0.3, 0.4) is 0 Å². The van der Waals surface area contributed by atoms with Gasteiger partial charge in [-0.3, -0.25) is 19.8 Å². The smallest absolute Gasteiger partial charge is 0.282 e. The summed E-state index contributed by atoms with van der Waals surface area (Å²) in [6, 6.07) is 8.30. The highest BCUT2D eigenvalue weighted by atomic mass is 127. The molecule has 1 aromatic heterocycles. The highest BCUT2D eigenvalue weighted by Gasteiger charge is 2.54. The first-order valence-corrected chi connectivity index (χ1v) is 14.7. The van der Waals surface area contributed by atoms with E-state index in [1.807, 2.05) is 40.8 Å². The molecule has 9 heteroatoms. The summed E-state index contributed by atoms with van der Waals surface area (Å²) in [5, 5.41) is 11.4. The SMILES string of the molecule is C[Si](C)(C)CCOCN1C(=O)[C@]2(Cc3cc(I)c([N+](=O)[O-])cc3C2)c2cccnc21. The molecule has 2 aromatic rings. The van der Waals surface area contributed by atoms with Crippen molar-refractivity contribution in [1.82, 2.24) is 4.98 Å². The van der Waals surface area contributed by atoms with Gasteiger partial charge in [0.05, 0.1) is 13.9 Å². The number of ether oxygens (including phenoxy) is 1. The van der Waals surface area contributed by atoms with Gasteiger partial charge in [-0.05, 0) is 64.7 Å². The number of nitro benzene ring substituents is 1. The van der Waals surface area contributed by atoms with Crippen LogP contribution >= 0.6 is 22.6 Å². The van der Waals surface area contributed by atoms with Gasteiger partial charge < -0.3 is 4.74 Å². The topological polar surface area (TPSA) is 85.6 Å². The van der Waals surface area contributed by atoms with Gasteiger partial charge in [0, 0.05) is 32.5 Å². The van der Waals surface area contributed by atoms with E-state index >= 15 is 0 Å². The number of halogens is 1. The van der Waals surface area contributed by atoms with E-state index in [1.54, 1.807) is 17.2 Å². The number of fused-ring (bicyclic) bond motifs is 3. The molecule has 1 spiro atoms. The number of aromatic nitrogens is 1. The zero-order valence-corrected chi connectivity index (χ0v) is 20.4. The summed E-state index contributed by atoms with van der Waals surface area (Å²) in [5.41, 5.74) is 2.08. The Hall–Kier alpha value is -1.85. The second-order valence-electron chi connectivity index (χ2n) is 9.22. The zero-order valence-electron chi connectivity index (χ0n) is 17.3. The summed E-state index contributed by atoms with van der Waals surface area (Å²) in [6.45, 7) is 7.68. The van der Waals surface area contributed by atoms with Crippen LogP contribution in [-0.2, 0) is 27.8 Å². The standard InChI is InChI=1S/C21H24IN3O4Si/c1-30(2,3)8-7-29-13-24-19-16(5-4-6-23-19)21(20(24)26)11-14-9-17(22)18(25(27)28)10-15(14)12-21/h4-6,9-10H,7-8,11-13H2,1-3H3/t21-/m0/s1. The molecule has 0 radical (unpaired) electrons. The van der Waals surface area contributed by atoms with Crippen LogP contribution in [0.2, 0.25) is 25.7 Å². The molecule has 158 valence electrons. The molecule has 0 fully saturated rings. The Balaban J connectivity index is 1.63. The molecule has 0 bridgehead atoms. The molecule has 1 amide bonds. The lowest BCUT2D eigenvalue weighted by Crippen LogP contribution is -2.42. The summed E-state index contributed by atoms with van der Waals surface area (Å²) in [6.07, 6.45) is 2.67. The van der Waals surface area contributed by atoms with Crippen LogP contribution in [-0.4, -0.2) is 37.2 Å². The molecule has 0 saturated heterocycles. The summed E-state index contributed by atoms with van der Waals surface area (Å²) in [7, 11) is -1.22. The van der Waals surface area contributed by atoms with Crippen molar-refractivity contribution < 1.29 is 14.5 Å². The molecular formula is C21H24IN3O4Si.